The molecule has 0 spiro atoms. The lowest BCUT2D eigenvalue weighted by molar-refractivity contribution is -0.142. The van der Waals surface area contributed by atoms with Gasteiger partial charge in [-0.1, -0.05) is 6.07 Å². The van der Waals surface area contributed by atoms with Crippen molar-refractivity contribution in [2.45, 2.75) is 6.92 Å². The van der Waals surface area contributed by atoms with Crippen LogP contribution in [-0.2, 0) is 19.1 Å². The fourth-order valence-corrected chi connectivity index (χ4v) is 1.91. The number of ether oxygens (including phenoxy) is 2. The third-order valence-electron chi connectivity index (χ3n) is 3.21. The first-order chi connectivity index (χ1) is 12.0. The molecule has 0 fully saturated rings. The Morgan fingerprint density at radius 2 is 2.04 bits per heavy atom. The third-order valence-corrected chi connectivity index (χ3v) is 3.21. The van der Waals surface area contributed by atoms with E-state index in [1.165, 1.54) is 25.5 Å². The van der Waals surface area contributed by atoms with E-state index in [0.717, 1.165) is 11.6 Å². The quantitative estimate of drug-likeness (QED) is 0.640. The summed E-state index contributed by atoms with van der Waals surface area (Å²) >= 11 is 0. The highest BCUT2D eigenvalue weighted by atomic mass is 16.5. The van der Waals surface area contributed by atoms with Gasteiger partial charge in [-0.05, 0) is 42.8 Å². The standard InChI is InChI=1S/C18H17NO6/c1-12-5-6-13(18(22)23-2)10-15(12)19-16(20)11-25-17(21)8-7-14-4-3-9-24-14/h3-10H,11H2,1-2H3,(H,19,20)/b8-7+. The molecule has 7 heteroatoms. The number of anilines is 1. The van der Waals surface area contributed by atoms with Crippen LogP contribution < -0.4 is 5.32 Å². The van der Waals surface area contributed by atoms with Crippen molar-refractivity contribution in [3.63, 3.8) is 0 Å². The molecule has 0 aliphatic heterocycles. The summed E-state index contributed by atoms with van der Waals surface area (Å²) in [6.45, 7) is 1.32. The van der Waals surface area contributed by atoms with Gasteiger partial charge in [0.05, 0.1) is 18.9 Å². The summed E-state index contributed by atoms with van der Waals surface area (Å²) in [7, 11) is 1.27. The molecule has 7 nitrogen and oxygen atoms in total. The molecule has 0 aliphatic rings. The average molecular weight is 343 g/mol. The molecule has 0 unspecified atom stereocenters. The normalized spacial score (nSPS) is 10.5. The van der Waals surface area contributed by atoms with Crippen LogP contribution in [0.4, 0.5) is 5.69 Å². The van der Waals surface area contributed by atoms with Crippen LogP contribution in [-0.4, -0.2) is 31.6 Å². The molecule has 0 saturated heterocycles. The summed E-state index contributed by atoms with van der Waals surface area (Å²) in [6, 6.07) is 8.13. The van der Waals surface area contributed by atoms with Gasteiger partial charge in [0, 0.05) is 11.8 Å². The predicted molar refractivity (Wildman–Crippen MR) is 89.8 cm³/mol. The minimum atomic E-state index is -0.674. The Labute approximate surface area is 144 Å². The number of hydrogen-bond donors (Lipinski definition) is 1. The number of nitrogens with one attached hydrogen (secondary N) is 1. The van der Waals surface area contributed by atoms with Crippen LogP contribution >= 0.6 is 0 Å². The molecular formula is C18H17NO6. The molecule has 25 heavy (non-hydrogen) atoms. The van der Waals surface area contributed by atoms with Crippen molar-refractivity contribution in [3.8, 4) is 0 Å². The Morgan fingerprint density at radius 3 is 2.72 bits per heavy atom. The zero-order valence-corrected chi connectivity index (χ0v) is 13.8. The predicted octanol–water partition coefficient (Wildman–Crippen LogP) is 2.57. The van der Waals surface area contributed by atoms with Crippen LogP contribution in [0.1, 0.15) is 21.7 Å². The van der Waals surface area contributed by atoms with Gasteiger partial charge in [0.1, 0.15) is 5.76 Å². The number of carbonyl (C=O) groups is 3. The molecule has 0 radical (unpaired) electrons. The largest absolute Gasteiger partial charge is 0.465 e. The van der Waals surface area contributed by atoms with Crippen molar-refractivity contribution in [2.24, 2.45) is 0 Å². The lowest BCUT2D eigenvalue weighted by atomic mass is 10.1. The summed E-state index contributed by atoms with van der Waals surface area (Å²) in [6.07, 6.45) is 4.07. The first kappa shape index (κ1) is 18.0. The molecule has 1 aromatic heterocycles. The first-order valence-electron chi connectivity index (χ1n) is 7.36. The van der Waals surface area contributed by atoms with E-state index in [0.29, 0.717) is 17.0 Å². The van der Waals surface area contributed by atoms with Crippen LogP contribution in [0.2, 0.25) is 0 Å². The van der Waals surface area contributed by atoms with Crippen molar-refractivity contribution in [3.05, 3.63) is 59.6 Å². The maximum Gasteiger partial charge on any atom is 0.337 e. The number of rotatable bonds is 6. The van der Waals surface area contributed by atoms with Crippen LogP contribution in [0, 0.1) is 6.92 Å². The molecular weight excluding hydrogens is 326 g/mol. The van der Waals surface area contributed by atoms with Crippen molar-refractivity contribution >= 4 is 29.6 Å². The number of benzene rings is 1. The Kier molecular flexibility index (Phi) is 6.11. The summed E-state index contributed by atoms with van der Waals surface area (Å²) in [5, 5.41) is 2.59. The minimum absolute atomic E-state index is 0.307. The van der Waals surface area contributed by atoms with Gasteiger partial charge in [0.15, 0.2) is 6.61 Å². The maximum atomic E-state index is 11.9. The molecule has 1 N–H and O–H groups in total. The number of esters is 2. The summed E-state index contributed by atoms with van der Waals surface area (Å²) < 4.78 is 14.5. The second kappa shape index (κ2) is 8.49. The molecule has 0 bridgehead atoms. The third kappa shape index (κ3) is 5.35. The topological polar surface area (TPSA) is 94.8 Å². The second-order valence-electron chi connectivity index (χ2n) is 5.03. The van der Waals surface area contributed by atoms with Gasteiger partial charge in [-0.25, -0.2) is 9.59 Å². The number of methoxy groups -OCH3 is 1. The van der Waals surface area contributed by atoms with Crippen LogP contribution in [0.15, 0.2) is 47.1 Å². The Balaban J connectivity index is 1.89. The second-order valence-corrected chi connectivity index (χ2v) is 5.03. The summed E-state index contributed by atoms with van der Waals surface area (Å²) in [5.74, 6) is -1.21. The van der Waals surface area contributed by atoms with Gasteiger partial charge in [-0.15, -0.1) is 0 Å². The van der Waals surface area contributed by atoms with E-state index in [4.69, 9.17) is 9.15 Å². The highest BCUT2D eigenvalue weighted by Crippen LogP contribution is 2.17. The van der Waals surface area contributed by atoms with Crippen LogP contribution in [0.25, 0.3) is 6.08 Å². The smallest absolute Gasteiger partial charge is 0.337 e. The van der Waals surface area contributed by atoms with Gasteiger partial charge in [0.2, 0.25) is 0 Å². The molecule has 2 aromatic rings. The minimum Gasteiger partial charge on any atom is -0.465 e. The van der Waals surface area contributed by atoms with Crippen LogP contribution in [0.5, 0.6) is 0 Å². The summed E-state index contributed by atoms with van der Waals surface area (Å²) in [4.78, 5) is 35.0. The van der Waals surface area contributed by atoms with E-state index >= 15 is 0 Å². The fourth-order valence-electron chi connectivity index (χ4n) is 1.91. The van der Waals surface area contributed by atoms with E-state index in [-0.39, 0.29) is 0 Å². The van der Waals surface area contributed by atoms with Crippen molar-refractivity contribution < 1.29 is 28.3 Å². The van der Waals surface area contributed by atoms with E-state index in [9.17, 15) is 14.4 Å². The number of furan rings is 1. The molecule has 0 atom stereocenters. The maximum absolute atomic E-state index is 11.9. The molecule has 1 heterocycles. The highest BCUT2D eigenvalue weighted by molar-refractivity contribution is 5.97. The molecule has 1 amide bonds. The molecule has 0 saturated carbocycles. The van der Waals surface area contributed by atoms with E-state index in [1.54, 1.807) is 31.2 Å². The zero-order chi connectivity index (χ0) is 18.2. The van der Waals surface area contributed by atoms with Gasteiger partial charge in [0.25, 0.3) is 5.91 Å². The van der Waals surface area contributed by atoms with E-state index in [1.807, 2.05) is 0 Å². The van der Waals surface area contributed by atoms with Gasteiger partial charge < -0.3 is 19.2 Å². The Bertz CT molecular complexity index is 792. The number of aryl methyl sites for hydroxylation is 1. The average Bonchev–Trinajstić information content (AvgIpc) is 3.13. The fraction of sp³-hybridized carbons (Fsp3) is 0.167. The molecule has 2 rings (SSSR count). The zero-order valence-electron chi connectivity index (χ0n) is 13.8. The van der Waals surface area contributed by atoms with E-state index in [2.05, 4.69) is 10.1 Å². The summed E-state index contributed by atoms with van der Waals surface area (Å²) in [5.41, 5.74) is 1.50. The highest BCUT2D eigenvalue weighted by Gasteiger charge is 2.11. The molecule has 0 aliphatic carbocycles. The lowest BCUT2D eigenvalue weighted by Crippen LogP contribution is -2.21. The van der Waals surface area contributed by atoms with E-state index < -0.39 is 24.5 Å². The van der Waals surface area contributed by atoms with Crippen molar-refractivity contribution in [1.82, 2.24) is 0 Å². The number of carbonyl (C=O) groups excluding carboxylic acids is 3. The Morgan fingerprint density at radius 1 is 1.24 bits per heavy atom. The number of amides is 1. The lowest BCUT2D eigenvalue weighted by Gasteiger charge is -2.10. The van der Waals surface area contributed by atoms with Gasteiger partial charge >= 0.3 is 11.9 Å². The Hall–Kier alpha value is -3.35. The monoisotopic (exact) mass is 343 g/mol. The van der Waals surface area contributed by atoms with Crippen molar-refractivity contribution in [1.29, 1.82) is 0 Å². The molecule has 130 valence electrons. The number of hydrogen-bond acceptors (Lipinski definition) is 6. The van der Waals surface area contributed by atoms with Gasteiger partial charge in [-0.3, -0.25) is 4.79 Å². The van der Waals surface area contributed by atoms with Crippen LogP contribution in [0.3, 0.4) is 0 Å². The SMILES string of the molecule is COC(=O)c1ccc(C)c(NC(=O)COC(=O)/C=C/c2ccco2)c1. The van der Waals surface area contributed by atoms with Gasteiger partial charge in [-0.2, -0.15) is 0 Å². The first-order valence-corrected chi connectivity index (χ1v) is 7.36. The molecule has 1 aromatic carbocycles. The van der Waals surface area contributed by atoms with Crippen molar-refractivity contribution in [2.75, 3.05) is 19.0 Å².